The molecule has 11 heavy (non-hydrogen) atoms. The Kier molecular flexibility index (Phi) is 2.10. The SMILES string of the molecule is Cc1nccc(P(C)(C)=O)n1. The minimum atomic E-state index is -2.20. The molecule has 0 spiro atoms. The van der Waals surface area contributed by atoms with Crippen molar-refractivity contribution < 1.29 is 4.57 Å². The van der Waals surface area contributed by atoms with E-state index in [2.05, 4.69) is 9.97 Å². The zero-order chi connectivity index (χ0) is 8.48. The second kappa shape index (κ2) is 2.74. The highest BCUT2D eigenvalue weighted by Gasteiger charge is 2.11. The van der Waals surface area contributed by atoms with Gasteiger partial charge in [-0.25, -0.2) is 9.97 Å². The molecule has 1 rings (SSSR count). The highest BCUT2D eigenvalue weighted by molar-refractivity contribution is 7.69. The van der Waals surface area contributed by atoms with Crippen molar-refractivity contribution in [3.05, 3.63) is 18.1 Å². The van der Waals surface area contributed by atoms with Crippen LogP contribution < -0.4 is 5.44 Å². The summed E-state index contributed by atoms with van der Waals surface area (Å²) < 4.78 is 11.5. The summed E-state index contributed by atoms with van der Waals surface area (Å²) in [5, 5.41) is 0. The van der Waals surface area contributed by atoms with Gasteiger partial charge in [-0.1, -0.05) is 0 Å². The van der Waals surface area contributed by atoms with Crippen molar-refractivity contribution in [3.63, 3.8) is 0 Å². The van der Waals surface area contributed by atoms with Crippen LogP contribution in [0.5, 0.6) is 0 Å². The van der Waals surface area contributed by atoms with Crippen LogP contribution in [-0.4, -0.2) is 23.3 Å². The highest BCUT2D eigenvalue weighted by Crippen LogP contribution is 2.32. The number of rotatable bonds is 1. The van der Waals surface area contributed by atoms with Crippen molar-refractivity contribution in [2.75, 3.05) is 13.3 Å². The van der Waals surface area contributed by atoms with Crippen LogP contribution in [-0.2, 0) is 4.57 Å². The smallest absolute Gasteiger partial charge is 0.127 e. The van der Waals surface area contributed by atoms with Gasteiger partial charge in [-0.3, -0.25) is 0 Å². The minimum absolute atomic E-state index is 0.657. The molecule has 0 saturated heterocycles. The summed E-state index contributed by atoms with van der Waals surface area (Å²) in [4.78, 5) is 7.99. The van der Waals surface area contributed by atoms with E-state index in [1.165, 1.54) is 0 Å². The predicted octanol–water partition coefficient (Wildman–Crippen LogP) is 1.03. The lowest BCUT2D eigenvalue weighted by molar-refractivity contribution is 0.587. The molecule has 0 aliphatic rings. The number of aromatic nitrogens is 2. The first kappa shape index (κ1) is 8.41. The Morgan fingerprint density at radius 3 is 2.45 bits per heavy atom. The molecule has 0 radical (unpaired) electrons. The van der Waals surface area contributed by atoms with Gasteiger partial charge in [0, 0.05) is 6.20 Å². The molecule has 0 fully saturated rings. The average Bonchev–Trinajstić information content (AvgIpc) is 1.86. The van der Waals surface area contributed by atoms with Gasteiger partial charge < -0.3 is 4.57 Å². The third kappa shape index (κ3) is 2.12. The van der Waals surface area contributed by atoms with Crippen LogP contribution in [0.3, 0.4) is 0 Å². The lowest BCUT2D eigenvalue weighted by atomic mass is 10.6. The molecule has 4 heteroatoms. The van der Waals surface area contributed by atoms with Crippen LogP contribution in [0.25, 0.3) is 0 Å². The topological polar surface area (TPSA) is 42.9 Å². The first-order valence-electron chi connectivity index (χ1n) is 3.35. The summed E-state index contributed by atoms with van der Waals surface area (Å²) in [5.74, 6) is 0.673. The fraction of sp³-hybridized carbons (Fsp3) is 0.429. The Morgan fingerprint density at radius 1 is 1.45 bits per heavy atom. The molecule has 0 N–H and O–H groups in total. The van der Waals surface area contributed by atoms with Gasteiger partial charge in [-0.2, -0.15) is 0 Å². The number of nitrogens with zero attached hydrogens (tertiary/aromatic N) is 2. The fourth-order valence-electron chi connectivity index (χ4n) is 0.744. The largest absolute Gasteiger partial charge is 0.318 e. The van der Waals surface area contributed by atoms with Gasteiger partial charge in [0.25, 0.3) is 0 Å². The summed E-state index contributed by atoms with van der Waals surface area (Å²) in [6.07, 6.45) is 1.64. The summed E-state index contributed by atoms with van der Waals surface area (Å²) in [7, 11) is -2.20. The molecule has 0 unspecified atom stereocenters. The van der Waals surface area contributed by atoms with E-state index >= 15 is 0 Å². The van der Waals surface area contributed by atoms with Gasteiger partial charge in [0.05, 0.1) is 0 Å². The zero-order valence-corrected chi connectivity index (χ0v) is 7.80. The van der Waals surface area contributed by atoms with E-state index in [1.54, 1.807) is 32.5 Å². The second-order valence-electron chi connectivity index (χ2n) is 2.81. The van der Waals surface area contributed by atoms with E-state index in [-0.39, 0.29) is 0 Å². The van der Waals surface area contributed by atoms with Crippen molar-refractivity contribution in [2.45, 2.75) is 6.92 Å². The predicted molar refractivity (Wildman–Crippen MR) is 45.9 cm³/mol. The lowest BCUT2D eigenvalue weighted by Crippen LogP contribution is -2.09. The van der Waals surface area contributed by atoms with Crippen molar-refractivity contribution in [3.8, 4) is 0 Å². The molecule has 1 aromatic heterocycles. The van der Waals surface area contributed by atoms with Gasteiger partial charge in [0.2, 0.25) is 0 Å². The van der Waals surface area contributed by atoms with Crippen LogP contribution in [0.15, 0.2) is 12.3 Å². The van der Waals surface area contributed by atoms with E-state index in [1.807, 2.05) is 0 Å². The third-order valence-electron chi connectivity index (χ3n) is 1.31. The Balaban J connectivity index is 3.17. The quantitative estimate of drug-likeness (QED) is 0.591. The standard InChI is InChI=1S/C7H11N2OP/c1-6-8-5-4-7(9-6)11(2,3)10/h4-5H,1-3H3. The molecule has 0 atom stereocenters. The first-order valence-corrected chi connectivity index (χ1v) is 5.95. The highest BCUT2D eigenvalue weighted by atomic mass is 31.2. The van der Waals surface area contributed by atoms with E-state index in [0.29, 0.717) is 11.3 Å². The monoisotopic (exact) mass is 170 g/mol. The summed E-state index contributed by atoms with van der Waals surface area (Å²) >= 11 is 0. The lowest BCUT2D eigenvalue weighted by Gasteiger charge is -2.04. The van der Waals surface area contributed by atoms with Crippen LogP contribution in [0.1, 0.15) is 5.82 Å². The number of aryl methyl sites for hydroxylation is 1. The van der Waals surface area contributed by atoms with Crippen molar-refractivity contribution in [1.29, 1.82) is 0 Å². The Labute approximate surface area is 66.3 Å². The molecule has 0 aliphatic carbocycles. The molecular weight excluding hydrogens is 159 g/mol. The molecule has 0 saturated carbocycles. The van der Waals surface area contributed by atoms with E-state index in [4.69, 9.17) is 0 Å². The molecule has 0 aromatic carbocycles. The maximum absolute atomic E-state index is 11.5. The third-order valence-corrected chi connectivity index (χ3v) is 2.67. The van der Waals surface area contributed by atoms with Crippen molar-refractivity contribution >= 4 is 12.6 Å². The van der Waals surface area contributed by atoms with E-state index < -0.39 is 7.14 Å². The normalized spacial score (nSPS) is 11.5. The van der Waals surface area contributed by atoms with Gasteiger partial charge >= 0.3 is 0 Å². The zero-order valence-electron chi connectivity index (χ0n) is 6.90. The number of hydrogen-bond acceptors (Lipinski definition) is 3. The Bertz CT molecular complexity index is 305. The fourth-order valence-corrected chi connectivity index (χ4v) is 1.55. The van der Waals surface area contributed by atoms with Gasteiger partial charge in [0.1, 0.15) is 18.4 Å². The molecule has 0 aliphatic heterocycles. The van der Waals surface area contributed by atoms with Crippen LogP contribution in [0.2, 0.25) is 0 Å². The van der Waals surface area contributed by atoms with Crippen LogP contribution in [0.4, 0.5) is 0 Å². The average molecular weight is 170 g/mol. The summed E-state index contributed by atoms with van der Waals surface area (Å²) in [6, 6.07) is 1.70. The maximum atomic E-state index is 11.5. The first-order chi connectivity index (χ1) is 5.00. The van der Waals surface area contributed by atoms with E-state index in [9.17, 15) is 4.57 Å². The van der Waals surface area contributed by atoms with E-state index in [0.717, 1.165) is 0 Å². The van der Waals surface area contributed by atoms with Gasteiger partial charge in [0.15, 0.2) is 0 Å². The Hall–Kier alpha value is -0.690. The second-order valence-corrected chi connectivity index (χ2v) is 5.97. The van der Waals surface area contributed by atoms with Crippen molar-refractivity contribution in [1.82, 2.24) is 9.97 Å². The molecule has 0 bridgehead atoms. The molecule has 0 amide bonds. The summed E-state index contributed by atoms with van der Waals surface area (Å²) in [6.45, 7) is 5.20. The summed E-state index contributed by atoms with van der Waals surface area (Å²) in [5.41, 5.74) is 0.657. The molecular formula is C7H11N2OP. The number of hydrogen-bond donors (Lipinski definition) is 0. The Morgan fingerprint density at radius 2 is 2.09 bits per heavy atom. The molecule has 3 nitrogen and oxygen atoms in total. The minimum Gasteiger partial charge on any atom is -0.318 e. The van der Waals surface area contributed by atoms with Gasteiger partial charge in [-0.15, -0.1) is 0 Å². The molecule has 1 heterocycles. The van der Waals surface area contributed by atoms with Crippen LogP contribution >= 0.6 is 7.14 Å². The van der Waals surface area contributed by atoms with Crippen LogP contribution in [0, 0.1) is 6.92 Å². The molecule has 1 aromatic rings. The maximum Gasteiger partial charge on any atom is 0.127 e. The van der Waals surface area contributed by atoms with Gasteiger partial charge in [-0.05, 0) is 26.3 Å². The van der Waals surface area contributed by atoms with Crippen molar-refractivity contribution in [2.24, 2.45) is 0 Å². The molecule has 60 valence electrons.